The summed E-state index contributed by atoms with van der Waals surface area (Å²) in [6.45, 7) is 2.03. The molecule has 2 heterocycles. The predicted octanol–water partition coefficient (Wildman–Crippen LogP) is 2.77. The first-order valence-electron chi connectivity index (χ1n) is 7.55. The van der Waals surface area contributed by atoms with Crippen molar-refractivity contribution in [2.75, 3.05) is 5.73 Å². The number of hydrogen-bond acceptors (Lipinski definition) is 3. The highest BCUT2D eigenvalue weighted by Gasteiger charge is 2.20. The standard InChI is InChI=1S/C18H17N3O/c1-11-5-7-12(8-6-11)21-10-9-15-16(18(21)22)17(19)13-3-2-4-14(13)20-15/h5-10H,2-4H2,1H3,(H2,19,20). The van der Waals surface area contributed by atoms with Gasteiger partial charge in [-0.3, -0.25) is 14.3 Å². The van der Waals surface area contributed by atoms with Gasteiger partial charge in [-0.15, -0.1) is 0 Å². The number of nitrogens with two attached hydrogens (primary N) is 1. The number of aryl methyl sites for hydroxylation is 2. The lowest BCUT2D eigenvalue weighted by atomic mass is 10.1. The van der Waals surface area contributed by atoms with Gasteiger partial charge < -0.3 is 5.73 Å². The van der Waals surface area contributed by atoms with Crippen LogP contribution in [0.1, 0.15) is 23.2 Å². The smallest absolute Gasteiger partial charge is 0.266 e. The van der Waals surface area contributed by atoms with Crippen molar-refractivity contribution in [2.24, 2.45) is 0 Å². The zero-order valence-electron chi connectivity index (χ0n) is 12.5. The van der Waals surface area contributed by atoms with E-state index in [1.807, 2.05) is 37.3 Å². The quantitative estimate of drug-likeness (QED) is 0.750. The van der Waals surface area contributed by atoms with E-state index in [-0.39, 0.29) is 5.56 Å². The Morgan fingerprint density at radius 2 is 1.91 bits per heavy atom. The minimum Gasteiger partial charge on any atom is -0.398 e. The van der Waals surface area contributed by atoms with E-state index in [0.29, 0.717) is 16.6 Å². The van der Waals surface area contributed by atoms with E-state index in [9.17, 15) is 4.79 Å². The van der Waals surface area contributed by atoms with Gasteiger partial charge in [0.05, 0.1) is 16.6 Å². The van der Waals surface area contributed by atoms with Crippen LogP contribution >= 0.6 is 0 Å². The molecule has 0 amide bonds. The summed E-state index contributed by atoms with van der Waals surface area (Å²) in [5, 5.41) is 0.545. The Hall–Kier alpha value is -2.62. The lowest BCUT2D eigenvalue weighted by molar-refractivity contribution is 0.901. The second-order valence-corrected chi connectivity index (χ2v) is 5.89. The zero-order valence-corrected chi connectivity index (χ0v) is 12.5. The number of pyridine rings is 2. The minimum atomic E-state index is -0.0962. The molecule has 0 saturated heterocycles. The summed E-state index contributed by atoms with van der Waals surface area (Å²) < 4.78 is 1.64. The van der Waals surface area contributed by atoms with Crippen molar-refractivity contribution in [3.63, 3.8) is 0 Å². The number of anilines is 1. The number of rotatable bonds is 1. The number of nitrogen functional groups attached to an aromatic ring is 1. The first kappa shape index (κ1) is 13.1. The van der Waals surface area contributed by atoms with Crippen LogP contribution in [0.5, 0.6) is 0 Å². The fourth-order valence-electron chi connectivity index (χ4n) is 3.22. The Morgan fingerprint density at radius 3 is 2.68 bits per heavy atom. The van der Waals surface area contributed by atoms with E-state index in [4.69, 9.17) is 5.73 Å². The maximum atomic E-state index is 12.9. The van der Waals surface area contributed by atoms with Crippen LogP contribution in [0.2, 0.25) is 0 Å². The molecule has 0 spiro atoms. The van der Waals surface area contributed by atoms with Gasteiger partial charge in [0.1, 0.15) is 0 Å². The topological polar surface area (TPSA) is 60.9 Å². The second kappa shape index (κ2) is 4.70. The fourth-order valence-corrected chi connectivity index (χ4v) is 3.22. The van der Waals surface area contributed by atoms with Gasteiger partial charge >= 0.3 is 0 Å². The third kappa shape index (κ3) is 1.84. The molecule has 0 atom stereocenters. The average molecular weight is 291 g/mol. The van der Waals surface area contributed by atoms with Crippen molar-refractivity contribution in [2.45, 2.75) is 26.2 Å². The number of benzene rings is 1. The number of hydrogen-bond donors (Lipinski definition) is 1. The highest BCUT2D eigenvalue weighted by Crippen LogP contribution is 2.30. The molecule has 0 aliphatic heterocycles. The Labute approximate surface area is 128 Å². The van der Waals surface area contributed by atoms with Crippen LogP contribution < -0.4 is 11.3 Å². The summed E-state index contributed by atoms with van der Waals surface area (Å²) >= 11 is 0. The largest absolute Gasteiger partial charge is 0.398 e. The SMILES string of the molecule is Cc1ccc(-n2ccc3nc4c(c(N)c3c2=O)CCC4)cc1. The molecule has 1 aromatic carbocycles. The predicted molar refractivity (Wildman–Crippen MR) is 88.5 cm³/mol. The number of nitrogens with zero attached hydrogens (tertiary/aromatic N) is 2. The Bertz CT molecular complexity index is 939. The Kier molecular flexibility index (Phi) is 2.79. The van der Waals surface area contributed by atoms with E-state index in [2.05, 4.69) is 4.98 Å². The normalized spacial score (nSPS) is 13.5. The molecular formula is C18H17N3O. The van der Waals surface area contributed by atoms with Gasteiger partial charge in [-0.2, -0.15) is 0 Å². The lowest BCUT2D eigenvalue weighted by Crippen LogP contribution is -2.20. The highest BCUT2D eigenvalue weighted by molar-refractivity contribution is 5.91. The average Bonchev–Trinajstić information content (AvgIpc) is 2.97. The van der Waals surface area contributed by atoms with Crippen LogP contribution in [0.25, 0.3) is 16.6 Å². The molecule has 0 unspecified atom stereocenters. The van der Waals surface area contributed by atoms with E-state index < -0.39 is 0 Å². The Morgan fingerprint density at radius 1 is 1.14 bits per heavy atom. The maximum Gasteiger partial charge on any atom is 0.266 e. The summed E-state index contributed by atoms with van der Waals surface area (Å²) in [5.41, 5.74) is 11.6. The van der Waals surface area contributed by atoms with Gasteiger partial charge in [0.15, 0.2) is 0 Å². The van der Waals surface area contributed by atoms with Gasteiger partial charge in [-0.25, -0.2) is 0 Å². The van der Waals surface area contributed by atoms with Gasteiger partial charge in [-0.05, 0) is 49.9 Å². The summed E-state index contributed by atoms with van der Waals surface area (Å²) in [5.74, 6) is 0. The lowest BCUT2D eigenvalue weighted by Gasteiger charge is -2.11. The van der Waals surface area contributed by atoms with Crippen LogP contribution in [0.4, 0.5) is 5.69 Å². The molecule has 3 aromatic rings. The molecular weight excluding hydrogens is 274 g/mol. The van der Waals surface area contributed by atoms with Gasteiger partial charge in [-0.1, -0.05) is 17.7 Å². The van der Waals surface area contributed by atoms with E-state index in [1.54, 1.807) is 10.8 Å². The molecule has 2 aromatic heterocycles. The first-order valence-corrected chi connectivity index (χ1v) is 7.55. The third-order valence-corrected chi connectivity index (χ3v) is 4.42. The molecule has 1 aliphatic carbocycles. The molecule has 1 aliphatic rings. The van der Waals surface area contributed by atoms with Crippen molar-refractivity contribution in [1.29, 1.82) is 0 Å². The molecule has 110 valence electrons. The van der Waals surface area contributed by atoms with Crippen LogP contribution in [0.15, 0.2) is 41.3 Å². The number of fused-ring (bicyclic) bond motifs is 2. The van der Waals surface area contributed by atoms with Crippen molar-refractivity contribution in [3.8, 4) is 5.69 Å². The summed E-state index contributed by atoms with van der Waals surface area (Å²) in [6, 6.07) is 9.76. The molecule has 0 radical (unpaired) electrons. The summed E-state index contributed by atoms with van der Waals surface area (Å²) in [7, 11) is 0. The number of aromatic nitrogens is 2. The zero-order chi connectivity index (χ0) is 15.3. The highest BCUT2D eigenvalue weighted by atomic mass is 16.1. The molecule has 0 bridgehead atoms. The Balaban J connectivity index is 2.02. The molecule has 0 saturated carbocycles. The molecule has 22 heavy (non-hydrogen) atoms. The summed E-state index contributed by atoms with van der Waals surface area (Å²) in [4.78, 5) is 17.5. The van der Waals surface area contributed by atoms with Crippen LogP contribution in [-0.2, 0) is 12.8 Å². The van der Waals surface area contributed by atoms with E-state index >= 15 is 0 Å². The van der Waals surface area contributed by atoms with Gasteiger partial charge in [0, 0.05) is 17.6 Å². The molecule has 0 fully saturated rings. The monoisotopic (exact) mass is 291 g/mol. The van der Waals surface area contributed by atoms with Crippen molar-refractivity contribution < 1.29 is 0 Å². The van der Waals surface area contributed by atoms with Crippen LogP contribution in [0, 0.1) is 6.92 Å². The van der Waals surface area contributed by atoms with Crippen molar-refractivity contribution >= 4 is 16.6 Å². The molecule has 4 heteroatoms. The second-order valence-electron chi connectivity index (χ2n) is 5.89. The summed E-state index contributed by atoms with van der Waals surface area (Å²) in [6.07, 6.45) is 4.72. The molecule has 2 N–H and O–H groups in total. The molecule has 4 nitrogen and oxygen atoms in total. The minimum absolute atomic E-state index is 0.0962. The van der Waals surface area contributed by atoms with E-state index in [0.717, 1.165) is 41.8 Å². The molecule has 4 rings (SSSR count). The van der Waals surface area contributed by atoms with Gasteiger partial charge in [0.25, 0.3) is 5.56 Å². The van der Waals surface area contributed by atoms with E-state index in [1.165, 1.54) is 0 Å². The first-order chi connectivity index (χ1) is 10.6. The van der Waals surface area contributed by atoms with Crippen molar-refractivity contribution in [3.05, 3.63) is 63.7 Å². The third-order valence-electron chi connectivity index (χ3n) is 4.42. The van der Waals surface area contributed by atoms with Crippen LogP contribution in [0.3, 0.4) is 0 Å². The maximum absolute atomic E-state index is 12.9. The van der Waals surface area contributed by atoms with Gasteiger partial charge in [0.2, 0.25) is 0 Å². The van der Waals surface area contributed by atoms with Crippen molar-refractivity contribution in [1.82, 2.24) is 9.55 Å². The van der Waals surface area contributed by atoms with Crippen LogP contribution in [-0.4, -0.2) is 9.55 Å². The fraction of sp³-hybridized carbons (Fsp3) is 0.222.